The predicted molar refractivity (Wildman–Crippen MR) is 61.1 cm³/mol. The minimum Gasteiger partial charge on any atom is -0.229 e. The molecule has 4 heteroatoms. The molecule has 0 heterocycles. The lowest BCUT2D eigenvalue weighted by molar-refractivity contribution is 0.562. The van der Waals surface area contributed by atoms with Crippen LogP contribution in [0.5, 0.6) is 0 Å². The van der Waals surface area contributed by atoms with Crippen LogP contribution in [0.3, 0.4) is 0 Å². The molecule has 0 fully saturated rings. The fourth-order valence-corrected chi connectivity index (χ4v) is 3.36. The van der Waals surface area contributed by atoms with Crippen LogP contribution < -0.4 is 0 Å². The van der Waals surface area contributed by atoms with Gasteiger partial charge in [-0.1, -0.05) is 36.2 Å². The van der Waals surface area contributed by atoms with Crippen molar-refractivity contribution in [1.29, 1.82) is 0 Å². The number of alkyl halides is 1. The molecule has 0 aliphatic carbocycles. The molecular formula is C9H19BrO2S. The lowest BCUT2D eigenvalue weighted by Crippen LogP contribution is -2.16. The Morgan fingerprint density at radius 3 is 2.38 bits per heavy atom. The van der Waals surface area contributed by atoms with Gasteiger partial charge in [0, 0.05) is 5.33 Å². The van der Waals surface area contributed by atoms with Gasteiger partial charge in [-0.2, -0.15) is 0 Å². The minimum absolute atomic E-state index is 0.300. The maximum Gasteiger partial charge on any atom is 0.150 e. The maximum atomic E-state index is 11.5. The Labute approximate surface area is 90.2 Å². The second-order valence-corrected chi connectivity index (χ2v) is 6.55. The zero-order valence-corrected chi connectivity index (χ0v) is 10.8. The van der Waals surface area contributed by atoms with Crippen LogP contribution in [-0.2, 0) is 9.84 Å². The summed E-state index contributed by atoms with van der Waals surface area (Å²) < 4.78 is 22.9. The molecule has 0 aliphatic rings. The van der Waals surface area contributed by atoms with E-state index in [0.29, 0.717) is 17.4 Å². The first-order valence-electron chi connectivity index (χ1n) is 4.78. The van der Waals surface area contributed by atoms with Crippen LogP contribution in [-0.4, -0.2) is 25.3 Å². The van der Waals surface area contributed by atoms with Gasteiger partial charge in [0.1, 0.15) is 0 Å². The third kappa shape index (κ3) is 7.50. The summed E-state index contributed by atoms with van der Waals surface area (Å²) in [4.78, 5) is 0. The van der Waals surface area contributed by atoms with Crippen molar-refractivity contribution in [2.45, 2.75) is 33.1 Å². The smallest absolute Gasteiger partial charge is 0.150 e. The summed E-state index contributed by atoms with van der Waals surface area (Å²) in [7, 11) is -2.79. The van der Waals surface area contributed by atoms with Gasteiger partial charge in [-0.3, -0.25) is 0 Å². The molecule has 0 rings (SSSR count). The second-order valence-electron chi connectivity index (χ2n) is 3.52. The summed E-state index contributed by atoms with van der Waals surface area (Å²) in [6.07, 6.45) is 2.67. The number of unbranched alkanes of at least 4 members (excludes halogenated alkanes) is 1. The highest BCUT2D eigenvalue weighted by Gasteiger charge is 2.13. The normalized spacial score (nSPS) is 14.4. The molecule has 0 aromatic heterocycles. The maximum absolute atomic E-state index is 11.5. The summed E-state index contributed by atoms with van der Waals surface area (Å²) in [5.41, 5.74) is 0. The lowest BCUT2D eigenvalue weighted by Gasteiger charge is -2.08. The first-order valence-corrected chi connectivity index (χ1v) is 7.72. The molecule has 0 aromatic rings. The first kappa shape index (κ1) is 13.4. The van der Waals surface area contributed by atoms with E-state index in [4.69, 9.17) is 0 Å². The third-order valence-corrected chi connectivity index (χ3v) is 4.62. The molecule has 13 heavy (non-hydrogen) atoms. The van der Waals surface area contributed by atoms with Crippen molar-refractivity contribution < 1.29 is 8.42 Å². The molecule has 1 atom stereocenters. The Hall–Kier alpha value is 0.430. The quantitative estimate of drug-likeness (QED) is 0.527. The van der Waals surface area contributed by atoms with Crippen LogP contribution >= 0.6 is 15.9 Å². The fraction of sp³-hybridized carbons (Fsp3) is 1.00. The fourth-order valence-electron chi connectivity index (χ4n) is 1.05. The van der Waals surface area contributed by atoms with Crippen molar-refractivity contribution in [2.24, 2.45) is 5.92 Å². The number of hydrogen-bond acceptors (Lipinski definition) is 2. The van der Waals surface area contributed by atoms with Gasteiger partial charge in [-0.05, 0) is 18.8 Å². The van der Waals surface area contributed by atoms with Gasteiger partial charge in [0.05, 0.1) is 11.5 Å². The average molecular weight is 271 g/mol. The van der Waals surface area contributed by atoms with E-state index in [9.17, 15) is 8.42 Å². The van der Waals surface area contributed by atoms with E-state index in [1.165, 1.54) is 0 Å². The second kappa shape index (κ2) is 6.82. The SMILES string of the molecule is CCC(C)CS(=O)(=O)CCCCBr. The zero-order chi connectivity index (χ0) is 10.3. The van der Waals surface area contributed by atoms with Crippen LogP contribution in [0.1, 0.15) is 33.1 Å². The van der Waals surface area contributed by atoms with E-state index in [0.717, 1.165) is 24.6 Å². The predicted octanol–water partition coefficient (Wildman–Crippen LogP) is 2.62. The standard InChI is InChI=1S/C9H19BrO2S/c1-3-9(2)8-13(11,12)7-5-4-6-10/h9H,3-8H2,1-2H3. The Bertz CT molecular complexity index is 212. The Kier molecular flexibility index (Phi) is 7.05. The minimum atomic E-state index is -2.79. The van der Waals surface area contributed by atoms with Crippen LogP contribution in [0.15, 0.2) is 0 Å². The molecule has 0 aliphatic heterocycles. The van der Waals surface area contributed by atoms with Gasteiger partial charge < -0.3 is 0 Å². The molecule has 0 radical (unpaired) electrons. The molecule has 1 unspecified atom stereocenters. The monoisotopic (exact) mass is 270 g/mol. The highest BCUT2D eigenvalue weighted by Crippen LogP contribution is 2.08. The number of halogens is 1. The van der Waals surface area contributed by atoms with Crippen molar-refractivity contribution in [3.05, 3.63) is 0 Å². The zero-order valence-electron chi connectivity index (χ0n) is 8.42. The number of sulfone groups is 1. The van der Waals surface area contributed by atoms with E-state index >= 15 is 0 Å². The van der Waals surface area contributed by atoms with Crippen molar-refractivity contribution in [3.63, 3.8) is 0 Å². The molecule has 0 saturated carbocycles. The van der Waals surface area contributed by atoms with E-state index in [1.54, 1.807) is 0 Å². The molecular weight excluding hydrogens is 252 g/mol. The summed E-state index contributed by atoms with van der Waals surface area (Å²) in [6.45, 7) is 4.01. The number of rotatable bonds is 7. The molecule has 0 saturated heterocycles. The largest absolute Gasteiger partial charge is 0.229 e. The van der Waals surface area contributed by atoms with E-state index in [-0.39, 0.29) is 0 Å². The molecule has 0 amide bonds. The number of hydrogen-bond donors (Lipinski definition) is 0. The summed E-state index contributed by atoms with van der Waals surface area (Å²) >= 11 is 3.29. The van der Waals surface area contributed by atoms with Gasteiger partial charge in [0.2, 0.25) is 0 Å². The molecule has 0 spiro atoms. The molecule has 0 bridgehead atoms. The first-order chi connectivity index (χ1) is 6.02. The Morgan fingerprint density at radius 1 is 1.31 bits per heavy atom. The highest BCUT2D eigenvalue weighted by atomic mass is 79.9. The van der Waals surface area contributed by atoms with Crippen molar-refractivity contribution >= 4 is 25.8 Å². The average Bonchev–Trinajstić information content (AvgIpc) is 2.03. The van der Waals surface area contributed by atoms with E-state index in [1.807, 2.05) is 13.8 Å². The topological polar surface area (TPSA) is 34.1 Å². The van der Waals surface area contributed by atoms with Crippen LogP contribution in [0.2, 0.25) is 0 Å². The van der Waals surface area contributed by atoms with Gasteiger partial charge in [-0.15, -0.1) is 0 Å². The van der Waals surface area contributed by atoms with Gasteiger partial charge >= 0.3 is 0 Å². The molecule has 80 valence electrons. The van der Waals surface area contributed by atoms with Gasteiger partial charge in [-0.25, -0.2) is 8.42 Å². The third-order valence-electron chi connectivity index (χ3n) is 2.07. The molecule has 0 N–H and O–H groups in total. The van der Waals surface area contributed by atoms with Crippen molar-refractivity contribution in [1.82, 2.24) is 0 Å². The van der Waals surface area contributed by atoms with Crippen LogP contribution in [0.4, 0.5) is 0 Å². The molecule has 2 nitrogen and oxygen atoms in total. The Morgan fingerprint density at radius 2 is 1.92 bits per heavy atom. The lowest BCUT2D eigenvalue weighted by atomic mass is 10.2. The van der Waals surface area contributed by atoms with Crippen LogP contribution in [0.25, 0.3) is 0 Å². The van der Waals surface area contributed by atoms with E-state index < -0.39 is 9.84 Å². The van der Waals surface area contributed by atoms with E-state index in [2.05, 4.69) is 15.9 Å². The van der Waals surface area contributed by atoms with Gasteiger partial charge in [0.15, 0.2) is 9.84 Å². The highest BCUT2D eigenvalue weighted by molar-refractivity contribution is 9.09. The molecule has 0 aromatic carbocycles. The van der Waals surface area contributed by atoms with Gasteiger partial charge in [0.25, 0.3) is 0 Å². The van der Waals surface area contributed by atoms with Crippen LogP contribution in [0, 0.1) is 5.92 Å². The van der Waals surface area contributed by atoms with Crippen molar-refractivity contribution in [2.75, 3.05) is 16.8 Å². The van der Waals surface area contributed by atoms with Crippen molar-refractivity contribution in [3.8, 4) is 0 Å². The summed E-state index contributed by atoms with van der Waals surface area (Å²) in [5, 5.41) is 0.895. The summed E-state index contributed by atoms with van der Waals surface area (Å²) in [6, 6.07) is 0. The Balaban J connectivity index is 3.81. The summed E-state index contributed by atoms with van der Waals surface area (Å²) in [5.74, 6) is 1.00.